The van der Waals surface area contributed by atoms with E-state index < -0.39 is 34.1 Å². The van der Waals surface area contributed by atoms with Gasteiger partial charge in [0.1, 0.15) is 12.6 Å². The van der Waals surface area contributed by atoms with Crippen LogP contribution in [0.15, 0.2) is 83.8 Å². The van der Waals surface area contributed by atoms with Crippen molar-refractivity contribution in [1.82, 2.24) is 10.2 Å². The van der Waals surface area contributed by atoms with Crippen LogP contribution in [-0.4, -0.2) is 64.0 Å². The second-order valence-electron chi connectivity index (χ2n) is 10.6. The molecule has 0 saturated carbocycles. The summed E-state index contributed by atoms with van der Waals surface area (Å²) in [6.07, 6.45) is 0.494. The number of amides is 2. The van der Waals surface area contributed by atoms with Crippen LogP contribution in [0.25, 0.3) is 0 Å². The van der Waals surface area contributed by atoms with Gasteiger partial charge in [-0.1, -0.05) is 48.5 Å². The first kappa shape index (κ1) is 31.5. The zero-order valence-electron chi connectivity index (χ0n) is 24.5. The van der Waals surface area contributed by atoms with E-state index in [1.54, 1.807) is 37.3 Å². The third kappa shape index (κ3) is 8.23. The largest absolute Gasteiger partial charge is 0.493 e. The molecule has 3 rings (SSSR count). The fourth-order valence-corrected chi connectivity index (χ4v) is 5.70. The average molecular weight is 582 g/mol. The van der Waals surface area contributed by atoms with E-state index in [1.165, 1.54) is 37.3 Å². The number of hydrogen-bond acceptors (Lipinski definition) is 6. The number of ether oxygens (including phenoxy) is 2. The number of hydrogen-bond donors (Lipinski definition) is 1. The van der Waals surface area contributed by atoms with E-state index >= 15 is 0 Å². The summed E-state index contributed by atoms with van der Waals surface area (Å²) in [7, 11) is -1.35. The van der Waals surface area contributed by atoms with Gasteiger partial charge in [0, 0.05) is 18.2 Å². The first-order chi connectivity index (χ1) is 19.4. The van der Waals surface area contributed by atoms with Gasteiger partial charge in [-0.2, -0.15) is 0 Å². The Morgan fingerprint density at radius 1 is 0.878 bits per heavy atom. The third-order valence-corrected chi connectivity index (χ3v) is 8.19. The molecule has 0 bridgehead atoms. The van der Waals surface area contributed by atoms with E-state index in [0.717, 1.165) is 9.87 Å². The van der Waals surface area contributed by atoms with Crippen molar-refractivity contribution in [1.29, 1.82) is 0 Å². The minimum absolute atomic E-state index is 0.0684. The van der Waals surface area contributed by atoms with Crippen molar-refractivity contribution in [2.45, 2.75) is 50.6 Å². The monoisotopic (exact) mass is 581 g/mol. The number of para-hydroxylation sites is 1. The summed E-state index contributed by atoms with van der Waals surface area (Å²) >= 11 is 0. The van der Waals surface area contributed by atoms with Gasteiger partial charge in [0.05, 0.1) is 24.8 Å². The van der Waals surface area contributed by atoms with E-state index in [9.17, 15) is 18.0 Å². The van der Waals surface area contributed by atoms with Crippen molar-refractivity contribution in [2.75, 3.05) is 31.6 Å². The predicted molar refractivity (Wildman–Crippen MR) is 160 cm³/mol. The van der Waals surface area contributed by atoms with Crippen LogP contribution in [0, 0.1) is 0 Å². The molecule has 0 fully saturated rings. The Labute approximate surface area is 243 Å². The minimum atomic E-state index is -4.23. The highest BCUT2D eigenvalue weighted by Crippen LogP contribution is 2.32. The van der Waals surface area contributed by atoms with Crippen LogP contribution in [0.3, 0.4) is 0 Å². The Morgan fingerprint density at radius 2 is 1.46 bits per heavy atom. The van der Waals surface area contributed by atoms with Gasteiger partial charge in [-0.25, -0.2) is 8.42 Å². The van der Waals surface area contributed by atoms with Gasteiger partial charge in [-0.05, 0) is 63.9 Å². The van der Waals surface area contributed by atoms with Crippen molar-refractivity contribution in [2.24, 2.45) is 0 Å². The number of nitrogens with zero attached hydrogens (tertiary/aromatic N) is 2. The molecule has 1 atom stereocenters. The maximum absolute atomic E-state index is 14.0. The van der Waals surface area contributed by atoms with Crippen molar-refractivity contribution < 1.29 is 27.5 Å². The molecule has 1 N–H and O–H groups in total. The molecule has 3 aromatic carbocycles. The molecule has 3 aromatic rings. The molecule has 0 aliphatic heterocycles. The standard InChI is InChI=1S/C31H39N3O6S/c1-23(30(36)32-31(2,3)4)33(20-19-24-13-9-7-10-14-24)29(35)22-34(25-15-11-8-12-16-25)41(37,38)26-17-18-27(39-5)28(21-26)40-6/h7-18,21,23H,19-20,22H2,1-6H3,(H,32,36)/t23-/m1/s1. The van der Waals surface area contributed by atoms with Gasteiger partial charge in [-0.15, -0.1) is 0 Å². The zero-order chi connectivity index (χ0) is 30.2. The summed E-state index contributed by atoms with van der Waals surface area (Å²) in [5, 5.41) is 2.93. The number of sulfonamides is 1. The van der Waals surface area contributed by atoms with Gasteiger partial charge in [0.15, 0.2) is 11.5 Å². The fraction of sp³-hybridized carbons (Fsp3) is 0.355. The van der Waals surface area contributed by atoms with Crippen LogP contribution in [0.1, 0.15) is 33.3 Å². The molecule has 220 valence electrons. The quantitative estimate of drug-likeness (QED) is 0.343. The van der Waals surface area contributed by atoms with Gasteiger partial charge >= 0.3 is 0 Å². The highest BCUT2D eigenvalue weighted by molar-refractivity contribution is 7.92. The molecule has 41 heavy (non-hydrogen) atoms. The summed E-state index contributed by atoms with van der Waals surface area (Å²) in [6.45, 7) is 6.95. The van der Waals surface area contributed by atoms with Crippen LogP contribution in [0.2, 0.25) is 0 Å². The number of anilines is 1. The van der Waals surface area contributed by atoms with E-state index in [1.807, 2.05) is 51.1 Å². The number of rotatable bonds is 12. The van der Waals surface area contributed by atoms with E-state index in [4.69, 9.17) is 9.47 Å². The molecule has 0 aromatic heterocycles. The first-order valence-electron chi connectivity index (χ1n) is 13.3. The number of benzene rings is 3. The molecule has 0 radical (unpaired) electrons. The lowest BCUT2D eigenvalue weighted by Gasteiger charge is -2.33. The van der Waals surface area contributed by atoms with Crippen molar-refractivity contribution in [3.8, 4) is 11.5 Å². The summed E-state index contributed by atoms with van der Waals surface area (Å²) < 4.78 is 39.7. The maximum atomic E-state index is 14.0. The minimum Gasteiger partial charge on any atom is -0.493 e. The SMILES string of the molecule is COc1ccc(S(=O)(=O)N(CC(=O)N(CCc2ccccc2)[C@H](C)C(=O)NC(C)(C)C)c2ccccc2)cc1OC. The molecule has 9 nitrogen and oxygen atoms in total. The zero-order valence-corrected chi connectivity index (χ0v) is 25.3. The number of carbonyl (C=O) groups excluding carboxylic acids is 2. The molecule has 10 heteroatoms. The average Bonchev–Trinajstić information content (AvgIpc) is 2.95. The highest BCUT2D eigenvalue weighted by atomic mass is 32.2. The Morgan fingerprint density at radius 3 is 2.02 bits per heavy atom. The Hall–Kier alpha value is -4.05. The molecule has 2 amide bonds. The number of nitrogens with one attached hydrogen (secondary N) is 1. The Kier molecular flexibility index (Phi) is 10.4. The number of methoxy groups -OCH3 is 2. The smallest absolute Gasteiger partial charge is 0.264 e. The summed E-state index contributed by atoms with van der Waals surface area (Å²) in [4.78, 5) is 28.5. The van der Waals surface area contributed by atoms with Gasteiger partial charge < -0.3 is 19.7 Å². The molecule has 0 heterocycles. The molecule has 0 aliphatic carbocycles. The fourth-order valence-electron chi connectivity index (χ4n) is 4.27. The summed E-state index contributed by atoms with van der Waals surface area (Å²) in [5.41, 5.74) is 0.795. The van der Waals surface area contributed by atoms with Gasteiger partial charge in [-0.3, -0.25) is 13.9 Å². The van der Waals surface area contributed by atoms with Crippen LogP contribution >= 0.6 is 0 Å². The van der Waals surface area contributed by atoms with Crippen molar-refractivity contribution in [3.63, 3.8) is 0 Å². The molecule has 0 unspecified atom stereocenters. The summed E-state index contributed by atoms with van der Waals surface area (Å²) in [5.74, 6) is -0.220. The Balaban J connectivity index is 2.00. The normalized spacial score (nSPS) is 12.2. The lowest BCUT2D eigenvalue weighted by atomic mass is 10.1. The third-order valence-electron chi connectivity index (χ3n) is 6.42. The molecular weight excluding hydrogens is 542 g/mol. The maximum Gasteiger partial charge on any atom is 0.264 e. The second kappa shape index (κ2) is 13.5. The van der Waals surface area contributed by atoms with Crippen LogP contribution < -0.4 is 19.1 Å². The number of carbonyl (C=O) groups is 2. The Bertz CT molecular complexity index is 1420. The van der Waals surface area contributed by atoms with E-state index in [-0.39, 0.29) is 23.1 Å². The molecule has 0 saturated heterocycles. The molecule has 0 spiro atoms. The first-order valence-corrected chi connectivity index (χ1v) is 14.8. The second-order valence-corrected chi connectivity index (χ2v) is 12.5. The highest BCUT2D eigenvalue weighted by Gasteiger charge is 2.33. The van der Waals surface area contributed by atoms with Crippen molar-refractivity contribution in [3.05, 3.63) is 84.4 Å². The van der Waals surface area contributed by atoms with Crippen LogP contribution in [-0.2, 0) is 26.0 Å². The van der Waals surface area contributed by atoms with E-state index in [2.05, 4.69) is 5.32 Å². The van der Waals surface area contributed by atoms with Crippen molar-refractivity contribution >= 4 is 27.5 Å². The predicted octanol–water partition coefficient (Wildman–Crippen LogP) is 4.27. The lowest BCUT2D eigenvalue weighted by Crippen LogP contribution is -2.55. The van der Waals surface area contributed by atoms with E-state index in [0.29, 0.717) is 17.9 Å². The summed E-state index contributed by atoms with van der Waals surface area (Å²) in [6, 6.07) is 21.4. The molecular formula is C31H39N3O6S. The van der Waals surface area contributed by atoms with Crippen LogP contribution in [0.4, 0.5) is 5.69 Å². The van der Waals surface area contributed by atoms with Gasteiger partial charge in [0.2, 0.25) is 11.8 Å². The van der Waals surface area contributed by atoms with Gasteiger partial charge in [0.25, 0.3) is 10.0 Å². The lowest BCUT2D eigenvalue weighted by molar-refractivity contribution is -0.139. The molecule has 0 aliphatic rings. The van der Waals surface area contributed by atoms with Crippen LogP contribution in [0.5, 0.6) is 11.5 Å². The topological polar surface area (TPSA) is 105 Å².